The second-order valence-corrected chi connectivity index (χ2v) is 9.86. The van der Waals surface area contributed by atoms with Crippen LogP contribution in [0, 0.1) is 0 Å². The lowest BCUT2D eigenvalue weighted by Crippen LogP contribution is -2.52. The summed E-state index contributed by atoms with van der Waals surface area (Å²) in [6.07, 6.45) is 10.8. The molecule has 0 bridgehead atoms. The largest absolute Gasteiger partial charge is 0.338 e. The number of aromatic nitrogens is 2. The fourth-order valence-corrected chi connectivity index (χ4v) is 5.33. The van der Waals surface area contributed by atoms with Gasteiger partial charge in [-0.15, -0.1) is 0 Å². The predicted molar refractivity (Wildman–Crippen MR) is 133 cm³/mol. The highest BCUT2D eigenvalue weighted by Crippen LogP contribution is 2.27. The van der Waals surface area contributed by atoms with Gasteiger partial charge in [-0.3, -0.25) is 9.69 Å². The number of amides is 1. The van der Waals surface area contributed by atoms with Crippen molar-refractivity contribution in [2.24, 2.45) is 0 Å². The first-order chi connectivity index (χ1) is 16.1. The summed E-state index contributed by atoms with van der Waals surface area (Å²) < 4.78 is 0. The Balaban J connectivity index is 1.21. The van der Waals surface area contributed by atoms with Gasteiger partial charge in [0.25, 0.3) is 0 Å². The third-order valence-corrected chi connectivity index (χ3v) is 7.76. The third-order valence-electron chi connectivity index (χ3n) is 7.10. The lowest BCUT2D eigenvalue weighted by molar-refractivity contribution is -0.125. The standard InChI is InChI=1S/C25H29Cl2N5O/c26-21-5-2-6-22(27)20(21)7-8-24(33)31-11-9-18-17-28-25(29-23(18)10-12-31)32-15-13-30(14-16-32)19-3-1-4-19/h2,5-8,17,19H,1,3-4,9-16H2. The van der Waals surface area contributed by atoms with E-state index in [2.05, 4.69) is 14.8 Å². The van der Waals surface area contributed by atoms with Crippen LogP contribution in [-0.4, -0.2) is 71.0 Å². The molecule has 0 unspecified atom stereocenters. The normalized spacial score (nSPS) is 19.9. The number of hydrogen-bond donors (Lipinski definition) is 0. The molecule has 1 aliphatic carbocycles. The van der Waals surface area contributed by atoms with Crippen molar-refractivity contribution < 1.29 is 4.79 Å². The highest BCUT2D eigenvalue weighted by atomic mass is 35.5. The van der Waals surface area contributed by atoms with Gasteiger partial charge in [0.2, 0.25) is 11.9 Å². The number of anilines is 1. The Morgan fingerprint density at radius 1 is 1.00 bits per heavy atom. The van der Waals surface area contributed by atoms with Crippen molar-refractivity contribution in [3.05, 3.63) is 57.3 Å². The highest BCUT2D eigenvalue weighted by molar-refractivity contribution is 6.37. The second kappa shape index (κ2) is 10.00. The first-order valence-electron chi connectivity index (χ1n) is 11.8. The molecule has 0 radical (unpaired) electrons. The van der Waals surface area contributed by atoms with Gasteiger partial charge in [0.05, 0.1) is 5.69 Å². The number of nitrogens with zero attached hydrogens (tertiary/aromatic N) is 5. The Kier molecular flexibility index (Phi) is 6.86. The van der Waals surface area contributed by atoms with Crippen molar-refractivity contribution in [3.8, 4) is 0 Å². The van der Waals surface area contributed by atoms with Gasteiger partial charge in [-0.2, -0.15) is 0 Å². The minimum Gasteiger partial charge on any atom is -0.338 e. The van der Waals surface area contributed by atoms with E-state index in [0.717, 1.165) is 62.3 Å². The fraction of sp³-hybridized carbons (Fsp3) is 0.480. The molecule has 6 nitrogen and oxygen atoms in total. The Labute approximate surface area is 205 Å². The quantitative estimate of drug-likeness (QED) is 0.610. The molecule has 2 fully saturated rings. The first kappa shape index (κ1) is 22.6. The Hall–Kier alpha value is -2.15. The van der Waals surface area contributed by atoms with E-state index in [0.29, 0.717) is 28.7 Å². The van der Waals surface area contributed by atoms with Crippen LogP contribution in [0.5, 0.6) is 0 Å². The molecule has 2 aromatic rings. The molecule has 33 heavy (non-hydrogen) atoms. The summed E-state index contributed by atoms with van der Waals surface area (Å²) >= 11 is 12.4. The van der Waals surface area contributed by atoms with Gasteiger partial charge < -0.3 is 9.80 Å². The summed E-state index contributed by atoms with van der Waals surface area (Å²) in [5.41, 5.74) is 2.87. The van der Waals surface area contributed by atoms with Crippen LogP contribution < -0.4 is 4.90 Å². The van der Waals surface area contributed by atoms with Crippen LogP contribution in [0.25, 0.3) is 6.08 Å². The van der Waals surface area contributed by atoms with Gasteiger partial charge in [0.15, 0.2) is 0 Å². The SMILES string of the molecule is O=C(C=Cc1c(Cl)cccc1Cl)N1CCc2cnc(N3CCN(C4CCC4)CC3)nc2CC1. The number of piperazine rings is 1. The maximum atomic E-state index is 12.8. The monoisotopic (exact) mass is 485 g/mol. The number of carbonyl (C=O) groups is 1. The van der Waals surface area contributed by atoms with Gasteiger partial charge >= 0.3 is 0 Å². The van der Waals surface area contributed by atoms with Crippen LogP contribution in [-0.2, 0) is 17.6 Å². The van der Waals surface area contributed by atoms with E-state index in [9.17, 15) is 4.79 Å². The van der Waals surface area contributed by atoms with Crippen molar-refractivity contribution in [2.75, 3.05) is 44.2 Å². The Morgan fingerprint density at radius 3 is 2.42 bits per heavy atom. The number of fused-ring (bicyclic) bond motifs is 1. The van der Waals surface area contributed by atoms with Crippen molar-refractivity contribution in [3.63, 3.8) is 0 Å². The van der Waals surface area contributed by atoms with Gasteiger partial charge in [-0.25, -0.2) is 9.97 Å². The number of benzene rings is 1. The molecule has 3 aliphatic rings. The molecule has 2 aliphatic heterocycles. The van der Waals surface area contributed by atoms with Gasteiger partial charge in [-0.1, -0.05) is 35.7 Å². The number of halogens is 2. The summed E-state index contributed by atoms with van der Waals surface area (Å²) in [6.45, 7) is 5.43. The molecule has 0 spiro atoms. The number of carbonyl (C=O) groups excluding carboxylic acids is 1. The number of rotatable bonds is 4. The zero-order valence-electron chi connectivity index (χ0n) is 18.7. The van der Waals surface area contributed by atoms with E-state index < -0.39 is 0 Å². The second-order valence-electron chi connectivity index (χ2n) is 9.04. The van der Waals surface area contributed by atoms with E-state index in [1.54, 1.807) is 30.4 Å². The van der Waals surface area contributed by atoms with Crippen LogP contribution in [0.3, 0.4) is 0 Å². The summed E-state index contributed by atoms with van der Waals surface area (Å²) in [6, 6.07) is 6.12. The maximum Gasteiger partial charge on any atom is 0.246 e. The summed E-state index contributed by atoms with van der Waals surface area (Å²) in [5, 5.41) is 1.07. The first-order valence-corrected chi connectivity index (χ1v) is 12.6. The molecule has 5 rings (SSSR count). The maximum absolute atomic E-state index is 12.8. The summed E-state index contributed by atoms with van der Waals surface area (Å²) in [7, 11) is 0. The summed E-state index contributed by atoms with van der Waals surface area (Å²) in [4.78, 5) is 29.2. The van der Waals surface area contributed by atoms with Gasteiger partial charge in [0.1, 0.15) is 0 Å². The number of hydrogen-bond acceptors (Lipinski definition) is 5. The van der Waals surface area contributed by atoms with Crippen molar-refractivity contribution >= 4 is 41.1 Å². The van der Waals surface area contributed by atoms with E-state index in [1.165, 1.54) is 19.3 Å². The van der Waals surface area contributed by atoms with Crippen molar-refractivity contribution in [2.45, 2.75) is 38.1 Å². The van der Waals surface area contributed by atoms with Crippen LogP contribution in [0.4, 0.5) is 5.95 Å². The van der Waals surface area contributed by atoms with Crippen molar-refractivity contribution in [1.29, 1.82) is 0 Å². The van der Waals surface area contributed by atoms with Crippen LogP contribution in [0.1, 0.15) is 36.1 Å². The van der Waals surface area contributed by atoms with Gasteiger partial charge in [-0.05, 0) is 43.0 Å². The predicted octanol–water partition coefficient (Wildman–Crippen LogP) is 4.10. The van der Waals surface area contributed by atoms with E-state index in [-0.39, 0.29) is 5.91 Å². The fourth-order valence-electron chi connectivity index (χ4n) is 4.81. The zero-order chi connectivity index (χ0) is 22.8. The molecule has 0 N–H and O–H groups in total. The van der Waals surface area contributed by atoms with E-state index in [1.807, 2.05) is 11.1 Å². The van der Waals surface area contributed by atoms with Crippen molar-refractivity contribution in [1.82, 2.24) is 19.8 Å². The molecule has 0 atom stereocenters. The van der Waals surface area contributed by atoms with E-state index >= 15 is 0 Å². The Morgan fingerprint density at radius 2 is 1.73 bits per heavy atom. The molecule has 3 heterocycles. The van der Waals surface area contributed by atoms with E-state index in [4.69, 9.17) is 28.2 Å². The molecule has 174 valence electrons. The Bertz CT molecular complexity index is 1030. The average Bonchev–Trinajstić information content (AvgIpc) is 3.00. The smallest absolute Gasteiger partial charge is 0.246 e. The minimum absolute atomic E-state index is 0.0425. The van der Waals surface area contributed by atoms with Crippen LogP contribution in [0.15, 0.2) is 30.5 Å². The molecule has 1 saturated heterocycles. The minimum atomic E-state index is -0.0425. The average molecular weight is 486 g/mol. The molecular formula is C25H29Cl2N5O. The molecule has 1 aromatic heterocycles. The lowest BCUT2D eigenvalue weighted by atomic mass is 9.91. The van der Waals surface area contributed by atoms with Crippen LogP contribution in [0.2, 0.25) is 10.0 Å². The highest BCUT2D eigenvalue weighted by Gasteiger charge is 2.29. The topological polar surface area (TPSA) is 52.6 Å². The lowest BCUT2D eigenvalue weighted by Gasteiger charge is -2.43. The molecular weight excluding hydrogens is 457 g/mol. The molecule has 1 aromatic carbocycles. The third kappa shape index (κ3) is 5.03. The molecule has 1 saturated carbocycles. The molecule has 8 heteroatoms. The zero-order valence-corrected chi connectivity index (χ0v) is 20.2. The summed E-state index contributed by atoms with van der Waals surface area (Å²) in [5.74, 6) is 0.786. The molecule has 1 amide bonds. The van der Waals surface area contributed by atoms with Crippen LogP contribution >= 0.6 is 23.2 Å². The van der Waals surface area contributed by atoms with Gasteiger partial charge in [0, 0.05) is 79.6 Å².